The predicted molar refractivity (Wildman–Crippen MR) is 81.5 cm³/mol. The molecule has 5 nitrogen and oxygen atoms in total. The first kappa shape index (κ1) is 15.6. The molecule has 0 saturated heterocycles. The Morgan fingerprint density at radius 1 is 1.38 bits per heavy atom. The highest BCUT2D eigenvalue weighted by Gasteiger charge is 2.33. The van der Waals surface area contributed by atoms with E-state index in [-0.39, 0.29) is 18.4 Å². The van der Waals surface area contributed by atoms with Crippen LogP contribution in [0.15, 0.2) is 18.3 Å². The van der Waals surface area contributed by atoms with Crippen molar-refractivity contribution < 1.29 is 9.59 Å². The van der Waals surface area contributed by atoms with E-state index in [0.29, 0.717) is 19.1 Å². The molecule has 21 heavy (non-hydrogen) atoms. The Hall–Kier alpha value is -1.78. The van der Waals surface area contributed by atoms with E-state index >= 15 is 0 Å². The molecule has 1 fully saturated rings. The minimum atomic E-state index is -0.0280. The fraction of sp³-hybridized carbons (Fsp3) is 0.625. The van der Waals surface area contributed by atoms with Crippen molar-refractivity contribution in [2.45, 2.75) is 45.7 Å². The molecule has 2 amide bonds. The molecule has 0 bridgehead atoms. The van der Waals surface area contributed by atoms with Gasteiger partial charge in [0.1, 0.15) is 0 Å². The van der Waals surface area contributed by atoms with Crippen LogP contribution in [0.2, 0.25) is 0 Å². The van der Waals surface area contributed by atoms with Gasteiger partial charge in [-0.15, -0.1) is 0 Å². The van der Waals surface area contributed by atoms with E-state index in [4.69, 9.17) is 0 Å². The van der Waals surface area contributed by atoms with Gasteiger partial charge in [-0.1, -0.05) is 6.92 Å². The smallest absolute Gasteiger partial charge is 0.242 e. The van der Waals surface area contributed by atoms with Gasteiger partial charge in [0.15, 0.2) is 0 Å². The summed E-state index contributed by atoms with van der Waals surface area (Å²) in [6, 6.07) is 4.38. The highest BCUT2D eigenvalue weighted by molar-refractivity contribution is 5.84. The van der Waals surface area contributed by atoms with E-state index in [1.807, 2.05) is 41.8 Å². The average Bonchev–Trinajstić information content (AvgIpc) is 3.19. The van der Waals surface area contributed by atoms with Crippen LogP contribution in [-0.4, -0.2) is 45.3 Å². The SMILES string of the molecule is CCCN(CC(=O)N(Cc1cccn1C)C1CC1)C(C)=O. The second-order valence-corrected chi connectivity index (χ2v) is 5.80. The zero-order valence-electron chi connectivity index (χ0n) is 13.2. The summed E-state index contributed by atoms with van der Waals surface area (Å²) in [6.07, 6.45) is 5.01. The molecule has 2 rings (SSSR count). The number of aryl methyl sites for hydroxylation is 1. The largest absolute Gasteiger partial charge is 0.353 e. The van der Waals surface area contributed by atoms with Gasteiger partial charge in [0.05, 0.1) is 13.1 Å². The Kier molecular flexibility index (Phi) is 5.04. The topological polar surface area (TPSA) is 45.6 Å². The van der Waals surface area contributed by atoms with Crippen LogP contribution < -0.4 is 0 Å². The number of hydrogen-bond acceptors (Lipinski definition) is 2. The van der Waals surface area contributed by atoms with Gasteiger partial charge in [-0.25, -0.2) is 0 Å². The average molecular weight is 291 g/mol. The number of aromatic nitrogens is 1. The highest BCUT2D eigenvalue weighted by atomic mass is 16.2. The summed E-state index contributed by atoms with van der Waals surface area (Å²) >= 11 is 0. The number of amides is 2. The fourth-order valence-corrected chi connectivity index (χ4v) is 2.51. The number of hydrogen-bond donors (Lipinski definition) is 0. The normalized spacial score (nSPS) is 14.0. The van der Waals surface area contributed by atoms with Gasteiger partial charge in [0.25, 0.3) is 0 Å². The van der Waals surface area contributed by atoms with Crippen molar-refractivity contribution in [2.24, 2.45) is 7.05 Å². The monoisotopic (exact) mass is 291 g/mol. The van der Waals surface area contributed by atoms with Gasteiger partial charge in [-0.2, -0.15) is 0 Å². The molecule has 0 radical (unpaired) electrons. The van der Waals surface area contributed by atoms with Crippen molar-refractivity contribution in [2.75, 3.05) is 13.1 Å². The Morgan fingerprint density at radius 3 is 2.57 bits per heavy atom. The Balaban J connectivity index is 2.02. The molecule has 1 aliphatic rings. The molecule has 0 aromatic carbocycles. The first-order valence-electron chi connectivity index (χ1n) is 7.68. The minimum Gasteiger partial charge on any atom is -0.353 e. The summed E-state index contributed by atoms with van der Waals surface area (Å²) in [7, 11) is 1.99. The molecule has 0 unspecified atom stereocenters. The van der Waals surface area contributed by atoms with Gasteiger partial charge >= 0.3 is 0 Å². The van der Waals surface area contributed by atoms with Gasteiger partial charge in [-0.3, -0.25) is 9.59 Å². The molecular weight excluding hydrogens is 266 g/mol. The molecule has 0 N–H and O–H groups in total. The first-order chi connectivity index (χ1) is 10.0. The zero-order chi connectivity index (χ0) is 15.4. The van der Waals surface area contributed by atoms with Crippen LogP contribution in [0.25, 0.3) is 0 Å². The Morgan fingerprint density at radius 2 is 2.10 bits per heavy atom. The summed E-state index contributed by atoms with van der Waals surface area (Å²) in [5, 5.41) is 0. The number of carbonyl (C=O) groups excluding carboxylic acids is 2. The quantitative estimate of drug-likeness (QED) is 0.768. The molecule has 0 aliphatic heterocycles. The lowest BCUT2D eigenvalue weighted by molar-refractivity contribution is -0.140. The van der Waals surface area contributed by atoms with E-state index in [2.05, 4.69) is 0 Å². The van der Waals surface area contributed by atoms with Crippen molar-refractivity contribution in [1.29, 1.82) is 0 Å². The van der Waals surface area contributed by atoms with Crippen LogP contribution in [0, 0.1) is 0 Å². The molecule has 0 spiro atoms. The lowest BCUT2D eigenvalue weighted by atomic mass is 10.3. The molecule has 1 aliphatic carbocycles. The number of nitrogens with zero attached hydrogens (tertiary/aromatic N) is 3. The second-order valence-electron chi connectivity index (χ2n) is 5.80. The third-order valence-corrected chi connectivity index (χ3v) is 3.96. The van der Waals surface area contributed by atoms with Crippen LogP contribution >= 0.6 is 0 Å². The van der Waals surface area contributed by atoms with Crippen molar-refractivity contribution in [3.05, 3.63) is 24.0 Å². The molecule has 0 atom stereocenters. The highest BCUT2D eigenvalue weighted by Crippen LogP contribution is 2.28. The van der Waals surface area contributed by atoms with Crippen LogP contribution in [0.1, 0.15) is 38.8 Å². The van der Waals surface area contributed by atoms with Crippen LogP contribution in [-0.2, 0) is 23.2 Å². The summed E-state index contributed by atoms with van der Waals surface area (Å²) in [5.74, 6) is 0.0298. The lowest BCUT2D eigenvalue weighted by Crippen LogP contribution is -2.43. The van der Waals surface area contributed by atoms with Crippen LogP contribution in [0.3, 0.4) is 0 Å². The lowest BCUT2D eigenvalue weighted by Gasteiger charge is -2.27. The second kappa shape index (κ2) is 6.78. The van der Waals surface area contributed by atoms with Gasteiger partial charge in [0, 0.05) is 38.4 Å². The summed E-state index contributed by atoms with van der Waals surface area (Å²) in [5.41, 5.74) is 1.13. The summed E-state index contributed by atoms with van der Waals surface area (Å²) in [6.45, 7) is 5.02. The van der Waals surface area contributed by atoms with Gasteiger partial charge in [-0.05, 0) is 31.4 Å². The van der Waals surface area contributed by atoms with E-state index in [1.165, 1.54) is 6.92 Å². The molecule has 1 saturated carbocycles. The van der Waals surface area contributed by atoms with E-state index in [9.17, 15) is 9.59 Å². The van der Waals surface area contributed by atoms with E-state index in [0.717, 1.165) is 25.0 Å². The molecule has 1 heterocycles. The Labute approximate surface area is 126 Å². The molecule has 5 heteroatoms. The van der Waals surface area contributed by atoms with Crippen molar-refractivity contribution in [3.63, 3.8) is 0 Å². The predicted octanol–water partition coefficient (Wildman–Crippen LogP) is 1.77. The minimum absolute atomic E-state index is 0.0280. The van der Waals surface area contributed by atoms with E-state index < -0.39 is 0 Å². The van der Waals surface area contributed by atoms with Crippen molar-refractivity contribution >= 4 is 11.8 Å². The van der Waals surface area contributed by atoms with Crippen LogP contribution in [0.5, 0.6) is 0 Å². The first-order valence-corrected chi connectivity index (χ1v) is 7.68. The molecule has 116 valence electrons. The summed E-state index contributed by atoms with van der Waals surface area (Å²) in [4.78, 5) is 27.7. The van der Waals surface area contributed by atoms with Crippen LogP contribution in [0.4, 0.5) is 0 Å². The van der Waals surface area contributed by atoms with Crippen molar-refractivity contribution in [3.8, 4) is 0 Å². The number of carbonyl (C=O) groups is 2. The van der Waals surface area contributed by atoms with E-state index in [1.54, 1.807) is 4.90 Å². The van der Waals surface area contributed by atoms with Crippen molar-refractivity contribution in [1.82, 2.24) is 14.4 Å². The standard InChI is InChI=1S/C16H25N3O2/c1-4-9-18(13(2)20)12-16(21)19(14-7-8-14)11-15-6-5-10-17(15)3/h5-6,10,14H,4,7-9,11-12H2,1-3H3. The molecular formula is C16H25N3O2. The van der Waals surface area contributed by atoms with Gasteiger partial charge < -0.3 is 14.4 Å². The number of rotatable bonds is 7. The molecule has 1 aromatic heterocycles. The third-order valence-electron chi connectivity index (χ3n) is 3.96. The Bertz CT molecular complexity index is 505. The summed E-state index contributed by atoms with van der Waals surface area (Å²) < 4.78 is 2.04. The maximum Gasteiger partial charge on any atom is 0.242 e. The maximum absolute atomic E-state index is 12.6. The van der Waals surface area contributed by atoms with Gasteiger partial charge in [0.2, 0.25) is 11.8 Å². The fourth-order valence-electron chi connectivity index (χ4n) is 2.51. The zero-order valence-corrected chi connectivity index (χ0v) is 13.2. The molecule has 1 aromatic rings. The maximum atomic E-state index is 12.6. The third kappa shape index (κ3) is 4.09.